The summed E-state index contributed by atoms with van der Waals surface area (Å²) in [7, 11) is 1.54. The van der Waals surface area contributed by atoms with E-state index in [0.29, 0.717) is 18.9 Å². The van der Waals surface area contributed by atoms with Gasteiger partial charge < -0.3 is 19.7 Å². The number of ether oxygens (including phenoxy) is 1. The first-order chi connectivity index (χ1) is 8.19. The number of methoxy groups -OCH3 is 1. The third-order valence-electron chi connectivity index (χ3n) is 2.99. The molecular formula is C11H16N2O4. The van der Waals surface area contributed by atoms with E-state index in [9.17, 15) is 4.79 Å². The summed E-state index contributed by atoms with van der Waals surface area (Å²) in [5, 5.41) is 15.5. The van der Waals surface area contributed by atoms with Crippen molar-refractivity contribution in [2.45, 2.75) is 19.4 Å². The van der Waals surface area contributed by atoms with Crippen molar-refractivity contribution in [1.82, 2.24) is 10.5 Å². The van der Waals surface area contributed by atoms with Gasteiger partial charge in [0.05, 0.1) is 6.61 Å². The topological polar surface area (TPSA) is 84.6 Å². The molecular weight excluding hydrogens is 224 g/mol. The number of nitrogens with zero attached hydrogens (tertiary/aromatic N) is 1. The highest BCUT2D eigenvalue weighted by molar-refractivity contribution is 5.92. The van der Waals surface area contributed by atoms with Crippen molar-refractivity contribution < 1.29 is 19.2 Å². The Morgan fingerprint density at radius 2 is 2.47 bits per heavy atom. The van der Waals surface area contributed by atoms with E-state index in [0.717, 1.165) is 12.8 Å². The van der Waals surface area contributed by atoms with E-state index in [1.165, 1.54) is 0 Å². The van der Waals surface area contributed by atoms with Gasteiger partial charge in [0.15, 0.2) is 11.5 Å². The number of amides is 1. The van der Waals surface area contributed by atoms with Gasteiger partial charge in [-0.2, -0.15) is 0 Å². The zero-order chi connectivity index (χ0) is 12.3. The molecule has 17 heavy (non-hydrogen) atoms. The van der Waals surface area contributed by atoms with E-state index in [2.05, 4.69) is 10.5 Å². The van der Waals surface area contributed by atoms with Crippen LogP contribution in [0.2, 0.25) is 0 Å². The molecule has 6 heteroatoms. The fourth-order valence-corrected chi connectivity index (χ4v) is 1.56. The van der Waals surface area contributed by atoms with Crippen molar-refractivity contribution in [3.63, 3.8) is 0 Å². The number of nitrogens with one attached hydrogen (secondary N) is 1. The van der Waals surface area contributed by atoms with E-state index in [1.54, 1.807) is 13.2 Å². The van der Waals surface area contributed by atoms with Gasteiger partial charge in [-0.1, -0.05) is 5.16 Å². The summed E-state index contributed by atoms with van der Waals surface area (Å²) in [5.74, 6) is 0.233. The highest BCUT2D eigenvalue weighted by atomic mass is 16.5. The maximum absolute atomic E-state index is 11.7. The second-order valence-corrected chi connectivity index (χ2v) is 4.45. The van der Waals surface area contributed by atoms with Crippen molar-refractivity contribution in [3.05, 3.63) is 17.5 Å². The first-order valence-electron chi connectivity index (χ1n) is 5.53. The number of aliphatic hydroxyl groups is 1. The standard InChI is InChI=1S/C11H16N2O4/c1-16-5-8-4-9(13-17-8)10(15)12-6-11(7-14)2-3-11/h4,14H,2-3,5-7H2,1H3,(H,12,15). The molecule has 2 N–H and O–H groups in total. The number of carbonyl (C=O) groups excluding carboxylic acids is 1. The molecule has 1 saturated carbocycles. The molecule has 0 aliphatic heterocycles. The molecule has 0 unspecified atom stereocenters. The lowest BCUT2D eigenvalue weighted by atomic mass is 10.1. The van der Waals surface area contributed by atoms with Crippen LogP contribution in [-0.2, 0) is 11.3 Å². The number of aromatic nitrogens is 1. The molecule has 0 bridgehead atoms. The third-order valence-corrected chi connectivity index (χ3v) is 2.99. The Balaban J connectivity index is 1.86. The van der Waals surface area contributed by atoms with Crippen molar-refractivity contribution in [1.29, 1.82) is 0 Å². The summed E-state index contributed by atoms with van der Waals surface area (Å²) in [6.45, 7) is 0.886. The van der Waals surface area contributed by atoms with Crippen LogP contribution in [0.4, 0.5) is 0 Å². The van der Waals surface area contributed by atoms with Crippen LogP contribution in [0.5, 0.6) is 0 Å². The molecule has 0 aromatic carbocycles. The second kappa shape index (κ2) is 4.85. The van der Waals surface area contributed by atoms with Crippen molar-refractivity contribution >= 4 is 5.91 Å². The third kappa shape index (κ3) is 2.83. The molecule has 1 aliphatic carbocycles. The minimum absolute atomic E-state index is 0.102. The maximum Gasteiger partial charge on any atom is 0.273 e. The monoisotopic (exact) mass is 240 g/mol. The van der Waals surface area contributed by atoms with Gasteiger partial charge in [0, 0.05) is 25.1 Å². The molecule has 1 aliphatic rings. The van der Waals surface area contributed by atoms with E-state index < -0.39 is 0 Å². The first-order valence-corrected chi connectivity index (χ1v) is 5.53. The van der Waals surface area contributed by atoms with Crippen LogP contribution >= 0.6 is 0 Å². The largest absolute Gasteiger partial charge is 0.396 e. The lowest BCUT2D eigenvalue weighted by molar-refractivity contribution is 0.0925. The van der Waals surface area contributed by atoms with Crippen molar-refractivity contribution in [3.8, 4) is 0 Å². The van der Waals surface area contributed by atoms with Gasteiger partial charge in [0.25, 0.3) is 5.91 Å². The second-order valence-electron chi connectivity index (χ2n) is 4.45. The molecule has 6 nitrogen and oxygen atoms in total. The van der Waals surface area contributed by atoms with E-state index in [4.69, 9.17) is 14.4 Å². The predicted octanol–water partition coefficient (Wildman–Crippen LogP) is 0.323. The molecule has 0 saturated heterocycles. The van der Waals surface area contributed by atoms with Crippen molar-refractivity contribution in [2.24, 2.45) is 5.41 Å². The predicted molar refractivity (Wildman–Crippen MR) is 58.3 cm³/mol. The number of aliphatic hydroxyl groups excluding tert-OH is 1. The summed E-state index contributed by atoms with van der Waals surface area (Å²) in [5.41, 5.74) is 0.139. The molecule has 1 fully saturated rings. The van der Waals surface area contributed by atoms with Gasteiger partial charge in [-0.15, -0.1) is 0 Å². The highest BCUT2D eigenvalue weighted by Gasteiger charge is 2.42. The van der Waals surface area contributed by atoms with Gasteiger partial charge in [0.2, 0.25) is 0 Å². The number of rotatable bonds is 6. The van der Waals surface area contributed by atoms with Crippen LogP contribution < -0.4 is 5.32 Å². The van der Waals surface area contributed by atoms with Crippen LogP contribution in [0.3, 0.4) is 0 Å². The molecule has 1 aromatic heterocycles. The molecule has 1 heterocycles. The Labute approximate surface area is 98.9 Å². The Kier molecular flexibility index (Phi) is 3.44. The van der Waals surface area contributed by atoms with Crippen molar-refractivity contribution in [2.75, 3.05) is 20.3 Å². The van der Waals surface area contributed by atoms with E-state index in [-0.39, 0.29) is 23.6 Å². The lowest BCUT2D eigenvalue weighted by Gasteiger charge is -2.11. The van der Waals surface area contributed by atoms with Crippen LogP contribution in [-0.4, -0.2) is 36.4 Å². The van der Waals surface area contributed by atoms with E-state index >= 15 is 0 Å². The van der Waals surface area contributed by atoms with Crippen LogP contribution in [0.15, 0.2) is 10.6 Å². The van der Waals surface area contributed by atoms with Gasteiger partial charge in [-0.3, -0.25) is 4.79 Å². The summed E-state index contributed by atoms with van der Waals surface area (Å²) in [6.07, 6.45) is 1.91. The Morgan fingerprint density at radius 1 is 1.71 bits per heavy atom. The minimum atomic E-state index is -0.282. The molecule has 0 spiro atoms. The fraction of sp³-hybridized carbons (Fsp3) is 0.636. The molecule has 0 radical (unpaired) electrons. The normalized spacial score (nSPS) is 16.8. The summed E-state index contributed by atoms with van der Waals surface area (Å²) in [6, 6.07) is 1.55. The smallest absolute Gasteiger partial charge is 0.273 e. The maximum atomic E-state index is 11.7. The average molecular weight is 240 g/mol. The number of hydrogen-bond donors (Lipinski definition) is 2. The summed E-state index contributed by atoms with van der Waals surface area (Å²) in [4.78, 5) is 11.7. The quantitative estimate of drug-likeness (QED) is 0.748. The van der Waals surface area contributed by atoms with E-state index in [1.807, 2.05) is 0 Å². The van der Waals surface area contributed by atoms with Gasteiger partial charge in [-0.05, 0) is 12.8 Å². The molecule has 94 valence electrons. The van der Waals surface area contributed by atoms with Gasteiger partial charge in [0.1, 0.15) is 6.61 Å². The fourth-order valence-electron chi connectivity index (χ4n) is 1.56. The lowest BCUT2D eigenvalue weighted by Crippen LogP contribution is -2.32. The van der Waals surface area contributed by atoms with Gasteiger partial charge in [-0.25, -0.2) is 0 Å². The zero-order valence-electron chi connectivity index (χ0n) is 9.73. The molecule has 1 amide bonds. The first kappa shape index (κ1) is 12.1. The highest BCUT2D eigenvalue weighted by Crippen LogP contribution is 2.44. The number of hydrogen-bond acceptors (Lipinski definition) is 5. The van der Waals surface area contributed by atoms with Crippen LogP contribution in [0.25, 0.3) is 0 Å². The number of carbonyl (C=O) groups is 1. The van der Waals surface area contributed by atoms with Crippen LogP contribution in [0.1, 0.15) is 29.1 Å². The SMILES string of the molecule is COCc1cc(C(=O)NCC2(CO)CC2)no1. The zero-order valence-corrected chi connectivity index (χ0v) is 9.73. The summed E-state index contributed by atoms with van der Waals surface area (Å²) >= 11 is 0. The molecule has 1 aromatic rings. The summed E-state index contributed by atoms with van der Waals surface area (Å²) < 4.78 is 9.78. The van der Waals surface area contributed by atoms with Gasteiger partial charge >= 0.3 is 0 Å². The average Bonchev–Trinajstić information content (AvgIpc) is 2.98. The molecule has 2 rings (SSSR count). The minimum Gasteiger partial charge on any atom is -0.396 e. The Hall–Kier alpha value is -1.40. The van der Waals surface area contributed by atoms with Crippen LogP contribution in [0, 0.1) is 5.41 Å². The Morgan fingerprint density at radius 3 is 3.06 bits per heavy atom. The Bertz CT molecular complexity index is 398. The molecule has 0 atom stereocenters.